The minimum absolute atomic E-state index is 0.232. The van der Waals surface area contributed by atoms with E-state index in [1.165, 1.54) is 6.07 Å². The Balaban J connectivity index is 1.57. The normalized spacial score (nSPS) is 22.3. The summed E-state index contributed by atoms with van der Waals surface area (Å²) in [7, 11) is 2.05. The summed E-state index contributed by atoms with van der Waals surface area (Å²) >= 11 is 5.79. The van der Waals surface area contributed by atoms with E-state index in [1.807, 2.05) is 7.05 Å². The summed E-state index contributed by atoms with van der Waals surface area (Å²) in [6.07, 6.45) is 3.88. The maximum absolute atomic E-state index is 13.9. The Morgan fingerprint density at radius 3 is 2.57 bits per heavy atom. The lowest BCUT2D eigenvalue weighted by atomic mass is 9.89. The Morgan fingerprint density at radius 1 is 1.29 bits per heavy atom. The molecule has 1 saturated carbocycles. The van der Waals surface area contributed by atoms with Gasteiger partial charge in [0.1, 0.15) is 5.82 Å². The van der Waals surface area contributed by atoms with Crippen molar-refractivity contribution in [2.45, 2.75) is 44.1 Å². The number of benzene rings is 1. The molecule has 21 heavy (non-hydrogen) atoms. The van der Waals surface area contributed by atoms with Crippen molar-refractivity contribution in [3.05, 3.63) is 34.6 Å². The van der Waals surface area contributed by atoms with Crippen LogP contribution in [0.15, 0.2) is 18.2 Å². The molecule has 116 valence electrons. The Kier molecular flexibility index (Phi) is 4.50. The van der Waals surface area contributed by atoms with E-state index < -0.39 is 0 Å². The molecule has 1 spiro atoms. The van der Waals surface area contributed by atoms with Gasteiger partial charge in [-0.3, -0.25) is 4.90 Å². The van der Waals surface area contributed by atoms with Gasteiger partial charge < -0.3 is 9.47 Å². The number of halogens is 2. The van der Waals surface area contributed by atoms with Crippen LogP contribution in [0.25, 0.3) is 0 Å². The molecule has 3 rings (SSSR count). The average molecular weight is 314 g/mol. The molecule has 1 aromatic rings. The maximum atomic E-state index is 13.9. The van der Waals surface area contributed by atoms with Gasteiger partial charge in [-0.15, -0.1) is 0 Å². The number of rotatable bonds is 3. The molecule has 5 heteroatoms. The molecule has 2 fully saturated rings. The molecule has 0 radical (unpaired) electrons. The van der Waals surface area contributed by atoms with Gasteiger partial charge >= 0.3 is 0 Å². The van der Waals surface area contributed by atoms with Crippen LogP contribution in [0.1, 0.15) is 31.2 Å². The molecule has 0 bridgehead atoms. The van der Waals surface area contributed by atoms with Crippen molar-refractivity contribution >= 4 is 11.6 Å². The monoisotopic (exact) mass is 313 g/mol. The minimum atomic E-state index is -0.330. The highest BCUT2D eigenvalue weighted by molar-refractivity contribution is 6.30. The minimum Gasteiger partial charge on any atom is -0.348 e. The molecule has 0 amide bonds. The smallest absolute Gasteiger partial charge is 0.168 e. The van der Waals surface area contributed by atoms with Crippen molar-refractivity contribution in [1.82, 2.24) is 4.90 Å². The van der Waals surface area contributed by atoms with Gasteiger partial charge in [-0.1, -0.05) is 17.7 Å². The fourth-order valence-corrected chi connectivity index (χ4v) is 3.48. The van der Waals surface area contributed by atoms with Gasteiger partial charge in [0, 0.05) is 36.0 Å². The molecular formula is C16H21ClFNO2. The average Bonchev–Trinajstić information content (AvgIpc) is 2.91. The van der Waals surface area contributed by atoms with Crippen molar-refractivity contribution in [2.75, 3.05) is 20.3 Å². The van der Waals surface area contributed by atoms with E-state index in [9.17, 15) is 4.39 Å². The fourth-order valence-electron chi connectivity index (χ4n) is 3.32. The Hall–Kier alpha value is -0.680. The van der Waals surface area contributed by atoms with Crippen molar-refractivity contribution in [3.63, 3.8) is 0 Å². The summed E-state index contributed by atoms with van der Waals surface area (Å²) in [5.74, 6) is -0.563. The second-order valence-electron chi connectivity index (χ2n) is 5.99. The lowest BCUT2D eigenvalue weighted by Crippen LogP contribution is -2.42. The first-order valence-corrected chi connectivity index (χ1v) is 7.88. The third kappa shape index (κ3) is 3.39. The van der Waals surface area contributed by atoms with E-state index in [-0.39, 0.29) is 11.6 Å². The molecule has 3 nitrogen and oxygen atoms in total. The highest BCUT2D eigenvalue weighted by Gasteiger charge is 2.41. The van der Waals surface area contributed by atoms with Crippen LogP contribution in [-0.2, 0) is 16.0 Å². The van der Waals surface area contributed by atoms with Crippen LogP contribution in [0.5, 0.6) is 0 Å². The summed E-state index contributed by atoms with van der Waals surface area (Å²) in [6.45, 7) is 2.01. The number of nitrogens with zero attached hydrogens (tertiary/aromatic N) is 1. The van der Waals surface area contributed by atoms with Crippen LogP contribution in [0, 0.1) is 5.82 Å². The zero-order valence-electron chi connectivity index (χ0n) is 12.3. The van der Waals surface area contributed by atoms with Crippen molar-refractivity contribution in [2.24, 2.45) is 0 Å². The van der Waals surface area contributed by atoms with E-state index in [0.29, 0.717) is 36.4 Å². The lowest BCUT2D eigenvalue weighted by molar-refractivity contribution is -0.183. The highest BCUT2D eigenvalue weighted by atomic mass is 35.5. The fraction of sp³-hybridized carbons (Fsp3) is 0.625. The topological polar surface area (TPSA) is 21.7 Å². The molecule has 2 aliphatic rings. The molecule has 1 heterocycles. The second kappa shape index (κ2) is 6.21. The van der Waals surface area contributed by atoms with Gasteiger partial charge in [-0.2, -0.15) is 0 Å². The largest absolute Gasteiger partial charge is 0.348 e. The molecule has 0 unspecified atom stereocenters. The van der Waals surface area contributed by atoms with E-state index in [1.54, 1.807) is 12.1 Å². The predicted molar refractivity (Wildman–Crippen MR) is 79.8 cm³/mol. The van der Waals surface area contributed by atoms with Gasteiger partial charge in [0.2, 0.25) is 0 Å². The van der Waals surface area contributed by atoms with E-state index in [4.69, 9.17) is 21.1 Å². The van der Waals surface area contributed by atoms with Crippen molar-refractivity contribution in [3.8, 4) is 0 Å². The van der Waals surface area contributed by atoms with Crippen LogP contribution in [0.2, 0.25) is 5.02 Å². The maximum Gasteiger partial charge on any atom is 0.168 e. The number of hydrogen-bond donors (Lipinski definition) is 0. The van der Waals surface area contributed by atoms with Gasteiger partial charge in [0.25, 0.3) is 0 Å². The summed E-state index contributed by atoms with van der Waals surface area (Å²) in [4.78, 5) is 2.22. The van der Waals surface area contributed by atoms with E-state index in [0.717, 1.165) is 25.7 Å². The van der Waals surface area contributed by atoms with Crippen LogP contribution < -0.4 is 0 Å². The SMILES string of the molecule is CN(Cc1ccc(Cl)cc1F)C1CCC2(CC1)OCCO2. The Labute approximate surface area is 130 Å². The molecular weight excluding hydrogens is 293 g/mol. The highest BCUT2D eigenvalue weighted by Crippen LogP contribution is 2.37. The van der Waals surface area contributed by atoms with Crippen LogP contribution in [-0.4, -0.2) is 37.0 Å². The standard InChI is InChI=1S/C16H21ClFNO2/c1-19(11-12-2-3-13(17)10-15(12)18)14-4-6-16(7-5-14)20-8-9-21-16/h2-3,10,14H,4-9,11H2,1H3. The predicted octanol–water partition coefficient (Wildman–Crippen LogP) is 3.60. The van der Waals surface area contributed by atoms with Crippen molar-refractivity contribution in [1.29, 1.82) is 0 Å². The number of hydrogen-bond acceptors (Lipinski definition) is 3. The van der Waals surface area contributed by atoms with Crippen LogP contribution >= 0.6 is 11.6 Å². The first-order chi connectivity index (χ1) is 10.1. The second-order valence-corrected chi connectivity index (χ2v) is 6.43. The molecule has 1 saturated heterocycles. The molecule has 1 aromatic carbocycles. The van der Waals surface area contributed by atoms with Crippen molar-refractivity contribution < 1.29 is 13.9 Å². The Morgan fingerprint density at radius 2 is 1.95 bits per heavy atom. The first-order valence-electron chi connectivity index (χ1n) is 7.50. The zero-order valence-corrected chi connectivity index (χ0v) is 13.0. The first kappa shape index (κ1) is 15.2. The molecule has 1 aliphatic heterocycles. The van der Waals surface area contributed by atoms with Gasteiger partial charge in [0.15, 0.2) is 5.79 Å². The summed E-state index contributed by atoms with van der Waals surface area (Å²) in [5, 5.41) is 0.439. The summed E-state index contributed by atoms with van der Waals surface area (Å²) in [5.41, 5.74) is 0.690. The third-order valence-electron chi connectivity index (χ3n) is 4.59. The summed E-state index contributed by atoms with van der Waals surface area (Å²) in [6, 6.07) is 5.32. The number of ether oxygens (including phenoxy) is 2. The van der Waals surface area contributed by atoms with Gasteiger partial charge in [-0.25, -0.2) is 4.39 Å². The summed E-state index contributed by atoms with van der Waals surface area (Å²) < 4.78 is 25.4. The molecule has 1 aliphatic carbocycles. The quantitative estimate of drug-likeness (QED) is 0.851. The lowest BCUT2D eigenvalue weighted by Gasteiger charge is -2.39. The zero-order chi connectivity index (χ0) is 14.9. The van der Waals surface area contributed by atoms with Crippen LogP contribution in [0.3, 0.4) is 0 Å². The Bertz CT molecular complexity index is 495. The van der Waals surface area contributed by atoms with E-state index >= 15 is 0 Å². The molecule has 0 aromatic heterocycles. The van der Waals surface area contributed by atoms with Gasteiger partial charge in [-0.05, 0) is 32.0 Å². The van der Waals surface area contributed by atoms with Gasteiger partial charge in [0.05, 0.1) is 13.2 Å². The van der Waals surface area contributed by atoms with E-state index in [2.05, 4.69) is 4.90 Å². The molecule has 0 N–H and O–H groups in total. The third-order valence-corrected chi connectivity index (χ3v) is 4.82. The molecule has 0 atom stereocenters. The van der Waals surface area contributed by atoms with Crippen LogP contribution in [0.4, 0.5) is 4.39 Å².